The summed E-state index contributed by atoms with van der Waals surface area (Å²) in [5.74, 6) is -4.93. The molecule has 0 saturated heterocycles. The van der Waals surface area contributed by atoms with E-state index in [1.807, 2.05) is 0 Å². The largest absolute Gasteiger partial charge is 0.288 e. The van der Waals surface area contributed by atoms with Crippen LogP contribution in [0, 0.1) is 17.5 Å². The van der Waals surface area contributed by atoms with E-state index in [0.717, 1.165) is 11.3 Å². The average molecular weight is 400 g/mol. The molecule has 0 atom stereocenters. The van der Waals surface area contributed by atoms with Gasteiger partial charge in [-0.3, -0.25) is 4.79 Å². The number of carbonyl (C=O) groups excluding carboxylic acids is 1. The normalized spacial score (nSPS) is 10.7. The Bertz CT molecular complexity index is 616. The minimum Gasteiger partial charge on any atom is -0.288 e. The molecule has 2 rings (SSSR count). The first-order valence-electron chi connectivity index (χ1n) is 4.53. The first kappa shape index (κ1) is 13.8. The molecular weight excluding hydrogens is 397 g/mol. The molecule has 0 fully saturated rings. The molecule has 7 heteroatoms. The van der Waals surface area contributed by atoms with Crippen molar-refractivity contribution in [2.24, 2.45) is 0 Å². The third kappa shape index (κ3) is 2.39. The number of hydrogen-bond acceptors (Lipinski definition) is 2. The van der Waals surface area contributed by atoms with Crippen molar-refractivity contribution in [1.29, 1.82) is 0 Å². The molecule has 1 aromatic carbocycles. The van der Waals surface area contributed by atoms with Crippen molar-refractivity contribution in [3.8, 4) is 0 Å². The van der Waals surface area contributed by atoms with Crippen LogP contribution in [0.5, 0.6) is 0 Å². The second-order valence-corrected chi connectivity index (χ2v) is 5.84. The molecule has 0 aliphatic rings. The van der Waals surface area contributed by atoms with E-state index in [1.165, 1.54) is 0 Å². The third-order valence-corrected chi connectivity index (χ3v) is 5.67. The maximum Gasteiger partial charge on any atom is 0.204 e. The lowest BCUT2D eigenvalue weighted by atomic mass is 10.1. The van der Waals surface area contributed by atoms with Gasteiger partial charge in [0.25, 0.3) is 0 Å². The molecule has 0 amide bonds. The number of hydrogen-bond donors (Lipinski definition) is 0. The van der Waals surface area contributed by atoms with E-state index in [0.29, 0.717) is 21.1 Å². The lowest BCUT2D eigenvalue weighted by molar-refractivity contribution is 0.104. The quantitative estimate of drug-likeness (QED) is 0.517. The Kier molecular flexibility index (Phi) is 3.93. The Morgan fingerprint density at radius 1 is 1.11 bits per heavy atom. The summed E-state index contributed by atoms with van der Waals surface area (Å²) in [5, 5.41) is 1.66. The zero-order valence-corrected chi connectivity index (χ0v) is 12.4. The summed E-state index contributed by atoms with van der Waals surface area (Å²) >= 11 is 7.49. The third-order valence-electron chi connectivity index (χ3n) is 2.14. The summed E-state index contributed by atoms with van der Waals surface area (Å²) in [6, 6.07) is 1.36. The number of thiophene rings is 1. The van der Waals surface area contributed by atoms with E-state index >= 15 is 0 Å². The van der Waals surface area contributed by atoms with Gasteiger partial charge in [-0.05, 0) is 44.0 Å². The molecule has 18 heavy (non-hydrogen) atoms. The summed E-state index contributed by atoms with van der Waals surface area (Å²) in [4.78, 5) is 12.3. The van der Waals surface area contributed by atoms with Gasteiger partial charge in [-0.2, -0.15) is 0 Å². The van der Waals surface area contributed by atoms with Crippen LogP contribution in [-0.4, -0.2) is 5.78 Å². The van der Waals surface area contributed by atoms with Crippen LogP contribution in [0.25, 0.3) is 0 Å². The molecule has 0 aliphatic heterocycles. The zero-order chi connectivity index (χ0) is 13.4. The summed E-state index contributed by atoms with van der Waals surface area (Å²) in [6.45, 7) is 0. The minimum absolute atomic E-state index is 0.235. The van der Waals surface area contributed by atoms with Crippen LogP contribution in [0.2, 0.25) is 0 Å². The van der Waals surface area contributed by atoms with E-state index in [4.69, 9.17) is 0 Å². The topological polar surface area (TPSA) is 17.1 Å². The van der Waals surface area contributed by atoms with Crippen LogP contribution >= 0.6 is 43.2 Å². The molecule has 0 unspecified atom stereocenters. The van der Waals surface area contributed by atoms with E-state index < -0.39 is 23.2 Å². The highest BCUT2D eigenvalue weighted by atomic mass is 79.9. The van der Waals surface area contributed by atoms with Crippen molar-refractivity contribution in [1.82, 2.24) is 0 Å². The molecule has 0 N–H and O–H groups in total. The highest BCUT2D eigenvalue weighted by Crippen LogP contribution is 2.34. The number of benzene rings is 1. The molecule has 0 saturated carbocycles. The van der Waals surface area contributed by atoms with Crippen LogP contribution in [0.15, 0.2) is 26.5 Å². The Morgan fingerprint density at radius 3 is 2.11 bits per heavy atom. The van der Waals surface area contributed by atoms with Crippen molar-refractivity contribution in [2.75, 3.05) is 0 Å². The fourth-order valence-electron chi connectivity index (χ4n) is 1.29. The van der Waals surface area contributed by atoms with Crippen molar-refractivity contribution in [3.63, 3.8) is 0 Å². The summed E-state index contributed by atoms with van der Waals surface area (Å²) < 4.78 is 40.0. The van der Waals surface area contributed by atoms with Crippen LogP contribution in [-0.2, 0) is 0 Å². The standard InChI is InChI=1S/C11H3Br2F3OS/c12-5-3-18-11(8(5)13)10(17)4-1-6(14)9(16)7(15)2-4/h1-3H. The number of carbonyl (C=O) groups is 1. The number of rotatable bonds is 2. The van der Waals surface area contributed by atoms with Gasteiger partial charge < -0.3 is 0 Å². The van der Waals surface area contributed by atoms with Crippen molar-refractivity contribution < 1.29 is 18.0 Å². The maximum atomic E-state index is 13.0. The predicted molar refractivity (Wildman–Crippen MR) is 69.5 cm³/mol. The first-order valence-corrected chi connectivity index (χ1v) is 7.00. The van der Waals surface area contributed by atoms with Gasteiger partial charge in [-0.25, -0.2) is 13.2 Å². The van der Waals surface area contributed by atoms with Crippen molar-refractivity contribution >= 4 is 49.0 Å². The summed E-state index contributed by atoms with van der Waals surface area (Å²) in [5.41, 5.74) is -0.235. The van der Waals surface area contributed by atoms with Gasteiger partial charge in [0.05, 0.1) is 9.35 Å². The maximum absolute atomic E-state index is 13.0. The highest BCUT2D eigenvalue weighted by Gasteiger charge is 2.20. The molecule has 0 aliphatic carbocycles. The Morgan fingerprint density at radius 2 is 1.67 bits per heavy atom. The molecule has 0 radical (unpaired) electrons. The van der Waals surface area contributed by atoms with E-state index in [2.05, 4.69) is 31.9 Å². The molecule has 1 heterocycles. The SMILES string of the molecule is O=C(c1cc(F)c(F)c(F)c1)c1scc(Br)c1Br. The van der Waals surface area contributed by atoms with Crippen LogP contribution in [0.1, 0.15) is 15.2 Å². The van der Waals surface area contributed by atoms with Gasteiger partial charge in [0.15, 0.2) is 17.5 Å². The predicted octanol–water partition coefficient (Wildman–Crippen LogP) is 4.92. The summed E-state index contributed by atoms with van der Waals surface area (Å²) in [7, 11) is 0. The molecule has 0 bridgehead atoms. The average Bonchev–Trinajstić information content (AvgIpc) is 2.65. The molecule has 94 valence electrons. The van der Waals surface area contributed by atoms with Crippen LogP contribution < -0.4 is 0 Å². The highest BCUT2D eigenvalue weighted by molar-refractivity contribution is 9.13. The number of ketones is 1. The molecular formula is C11H3Br2F3OS. The second kappa shape index (κ2) is 5.14. The fraction of sp³-hybridized carbons (Fsp3) is 0. The molecule has 0 spiro atoms. The first-order chi connectivity index (χ1) is 8.41. The monoisotopic (exact) mass is 398 g/mol. The summed E-state index contributed by atoms with van der Waals surface area (Å²) in [6.07, 6.45) is 0. The van der Waals surface area contributed by atoms with E-state index in [1.54, 1.807) is 5.38 Å². The molecule has 1 nitrogen and oxygen atoms in total. The van der Waals surface area contributed by atoms with Crippen molar-refractivity contribution in [3.05, 3.63) is 54.4 Å². The van der Waals surface area contributed by atoms with Gasteiger partial charge in [-0.15, -0.1) is 11.3 Å². The molecule has 1 aromatic heterocycles. The smallest absolute Gasteiger partial charge is 0.204 e. The van der Waals surface area contributed by atoms with E-state index in [9.17, 15) is 18.0 Å². The van der Waals surface area contributed by atoms with Gasteiger partial charge in [0, 0.05) is 15.4 Å². The van der Waals surface area contributed by atoms with Gasteiger partial charge in [-0.1, -0.05) is 0 Å². The number of halogens is 5. The van der Waals surface area contributed by atoms with Crippen LogP contribution in [0.3, 0.4) is 0 Å². The van der Waals surface area contributed by atoms with Crippen molar-refractivity contribution in [2.45, 2.75) is 0 Å². The van der Waals surface area contributed by atoms with Gasteiger partial charge >= 0.3 is 0 Å². The van der Waals surface area contributed by atoms with E-state index in [-0.39, 0.29) is 10.4 Å². The Balaban J connectivity index is 2.50. The zero-order valence-electron chi connectivity index (χ0n) is 8.44. The van der Waals surface area contributed by atoms with Gasteiger partial charge in [0.2, 0.25) is 5.78 Å². The lowest BCUT2D eigenvalue weighted by Crippen LogP contribution is -2.03. The van der Waals surface area contributed by atoms with Gasteiger partial charge in [0.1, 0.15) is 0 Å². The Labute approximate surface area is 121 Å². The van der Waals surface area contributed by atoms with Crippen LogP contribution in [0.4, 0.5) is 13.2 Å². The second-order valence-electron chi connectivity index (χ2n) is 3.31. The lowest BCUT2D eigenvalue weighted by Gasteiger charge is -2.02. The Hall–Kier alpha value is -0.660. The fourth-order valence-corrected chi connectivity index (χ4v) is 3.41. The molecule has 2 aromatic rings. The minimum atomic E-state index is -1.59.